The highest BCUT2D eigenvalue weighted by molar-refractivity contribution is 6.42. The molecule has 4 rings (SSSR count). The van der Waals surface area contributed by atoms with Gasteiger partial charge in [0.15, 0.2) is 17.9 Å². The minimum Gasteiger partial charge on any atom is -0.481 e. The highest BCUT2D eigenvalue weighted by atomic mass is 35.5. The van der Waals surface area contributed by atoms with E-state index in [1.165, 1.54) is 5.56 Å². The largest absolute Gasteiger partial charge is 0.481 e. The molecule has 8 heteroatoms. The maximum atomic E-state index is 12.4. The van der Waals surface area contributed by atoms with Crippen molar-refractivity contribution < 1.29 is 13.9 Å². The van der Waals surface area contributed by atoms with Crippen LogP contribution >= 0.6 is 34.8 Å². The van der Waals surface area contributed by atoms with E-state index in [1.807, 2.05) is 24.3 Å². The second kappa shape index (κ2) is 9.87. The number of rotatable bonds is 6. The molecule has 176 valence electrons. The third-order valence-electron chi connectivity index (χ3n) is 5.56. The molecule has 1 N–H and O–H groups in total. The van der Waals surface area contributed by atoms with Crippen molar-refractivity contribution in [1.82, 2.24) is 4.98 Å². The van der Waals surface area contributed by atoms with Crippen molar-refractivity contribution in [3.8, 4) is 17.2 Å². The monoisotopic (exact) mass is 516 g/mol. The number of hydrogen-bond acceptors (Lipinski definition) is 4. The van der Waals surface area contributed by atoms with Gasteiger partial charge in [0.25, 0.3) is 5.91 Å². The summed E-state index contributed by atoms with van der Waals surface area (Å²) in [7, 11) is 0. The molecule has 0 atom stereocenters. The van der Waals surface area contributed by atoms with Crippen LogP contribution in [-0.2, 0) is 4.79 Å². The van der Waals surface area contributed by atoms with E-state index in [0.29, 0.717) is 33.6 Å². The third-order valence-corrected chi connectivity index (χ3v) is 7.03. The predicted octanol–water partition coefficient (Wildman–Crippen LogP) is 8.21. The standard InChI is InChI=1S/C26H23Cl3N2O3/c1-13(2)17-7-10-20-19(11-17)31-26(34-20)16-5-8-18(9-6-16)30-21(32)12-33-25-23(28)14(3)22(27)15(4)24(25)29/h5-11,13H,12H2,1-4H3,(H,30,32). The SMILES string of the molecule is Cc1c(Cl)c(C)c(Cl)c(OCC(=O)Nc2ccc(-c3nc4cc(C(C)C)ccc4o3)cc2)c1Cl. The number of nitrogens with zero attached hydrogens (tertiary/aromatic N) is 1. The van der Waals surface area contributed by atoms with Gasteiger partial charge in [0, 0.05) is 16.3 Å². The Bertz CT molecular complexity index is 1350. The van der Waals surface area contributed by atoms with Gasteiger partial charge >= 0.3 is 0 Å². The molecule has 0 aliphatic carbocycles. The number of amides is 1. The van der Waals surface area contributed by atoms with Crippen molar-refractivity contribution in [2.75, 3.05) is 11.9 Å². The van der Waals surface area contributed by atoms with Crippen LogP contribution in [0.25, 0.3) is 22.6 Å². The van der Waals surface area contributed by atoms with Crippen LogP contribution in [0.4, 0.5) is 5.69 Å². The van der Waals surface area contributed by atoms with E-state index < -0.39 is 0 Å². The van der Waals surface area contributed by atoms with E-state index in [-0.39, 0.29) is 28.3 Å². The molecule has 0 radical (unpaired) electrons. The highest BCUT2D eigenvalue weighted by Gasteiger charge is 2.19. The molecule has 1 amide bonds. The lowest BCUT2D eigenvalue weighted by molar-refractivity contribution is -0.118. The number of anilines is 1. The Hall–Kier alpha value is -2.73. The van der Waals surface area contributed by atoms with Crippen molar-refractivity contribution in [2.24, 2.45) is 0 Å². The number of benzene rings is 3. The third kappa shape index (κ3) is 4.88. The molecule has 0 fully saturated rings. The van der Waals surface area contributed by atoms with E-state index in [1.54, 1.807) is 26.0 Å². The first-order valence-corrected chi connectivity index (χ1v) is 11.9. The van der Waals surface area contributed by atoms with Crippen LogP contribution in [0.3, 0.4) is 0 Å². The number of oxazole rings is 1. The lowest BCUT2D eigenvalue weighted by atomic mass is 10.0. The minimum atomic E-state index is -0.354. The molecule has 0 bridgehead atoms. The maximum Gasteiger partial charge on any atom is 0.262 e. The smallest absolute Gasteiger partial charge is 0.262 e. The molecule has 1 aromatic heterocycles. The van der Waals surface area contributed by atoms with Crippen LogP contribution in [0.2, 0.25) is 15.1 Å². The van der Waals surface area contributed by atoms with Gasteiger partial charge in [-0.2, -0.15) is 0 Å². The lowest BCUT2D eigenvalue weighted by Crippen LogP contribution is -2.20. The summed E-state index contributed by atoms with van der Waals surface area (Å²) in [5.74, 6) is 0.823. The molecule has 34 heavy (non-hydrogen) atoms. The fourth-order valence-corrected chi connectivity index (χ4v) is 4.32. The van der Waals surface area contributed by atoms with Gasteiger partial charge in [-0.1, -0.05) is 54.7 Å². The first-order valence-electron chi connectivity index (χ1n) is 10.7. The summed E-state index contributed by atoms with van der Waals surface area (Å²) in [4.78, 5) is 17.0. The zero-order chi connectivity index (χ0) is 24.6. The topological polar surface area (TPSA) is 64.4 Å². The normalized spacial score (nSPS) is 11.3. The molecular weight excluding hydrogens is 495 g/mol. The van der Waals surface area contributed by atoms with Crippen molar-refractivity contribution in [3.63, 3.8) is 0 Å². The zero-order valence-electron chi connectivity index (χ0n) is 19.1. The maximum absolute atomic E-state index is 12.4. The summed E-state index contributed by atoms with van der Waals surface area (Å²) in [5.41, 5.74) is 5.48. The summed E-state index contributed by atoms with van der Waals surface area (Å²) in [6, 6.07) is 13.3. The Kier molecular flexibility index (Phi) is 7.08. The van der Waals surface area contributed by atoms with E-state index in [4.69, 9.17) is 44.0 Å². The molecule has 3 aromatic carbocycles. The number of aromatic nitrogens is 1. The number of hydrogen-bond donors (Lipinski definition) is 1. The van der Waals surface area contributed by atoms with E-state index >= 15 is 0 Å². The zero-order valence-corrected chi connectivity index (χ0v) is 21.4. The predicted molar refractivity (Wildman–Crippen MR) is 139 cm³/mol. The van der Waals surface area contributed by atoms with E-state index in [0.717, 1.165) is 16.7 Å². The molecule has 0 saturated carbocycles. The van der Waals surface area contributed by atoms with Crippen LogP contribution in [-0.4, -0.2) is 17.5 Å². The van der Waals surface area contributed by atoms with Crippen LogP contribution in [0, 0.1) is 13.8 Å². The Labute approximate surface area is 213 Å². The number of carbonyl (C=O) groups is 1. The van der Waals surface area contributed by atoms with Crippen molar-refractivity contribution in [1.29, 1.82) is 0 Å². The molecule has 1 heterocycles. The van der Waals surface area contributed by atoms with Crippen LogP contribution in [0.15, 0.2) is 46.9 Å². The van der Waals surface area contributed by atoms with Gasteiger partial charge in [-0.15, -0.1) is 0 Å². The average Bonchev–Trinajstić information content (AvgIpc) is 3.25. The summed E-state index contributed by atoms with van der Waals surface area (Å²) < 4.78 is 11.5. The molecule has 4 aromatic rings. The van der Waals surface area contributed by atoms with Gasteiger partial charge < -0.3 is 14.5 Å². The first-order chi connectivity index (χ1) is 16.2. The molecule has 0 unspecified atom stereocenters. The molecule has 0 spiro atoms. The van der Waals surface area contributed by atoms with Crippen LogP contribution in [0.5, 0.6) is 5.75 Å². The molecule has 5 nitrogen and oxygen atoms in total. The van der Waals surface area contributed by atoms with Crippen LogP contribution < -0.4 is 10.1 Å². The van der Waals surface area contributed by atoms with E-state index in [9.17, 15) is 4.79 Å². The quantitative estimate of drug-likeness (QED) is 0.280. The molecular formula is C26H23Cl3N2O3. The lowest BCUT2D eigenvalue weighted by Gasteiger charge is -2.15. The number of ether oxygens (including phenoxy) is 1. The molecule has 0 aliphatic heterocycles. The number of halogens is 3. The summed E-state index contributed by atoms with van der Waals surface area (Å²) in [6.07, 6.45) is 0. The van der Waals surface area contributed by atoms with Crippen LogP contribution in [0.1, 0.15) is 36.5 Å². The van der Waals surface area contributed by atoms with Gasteiger partial charge in [-0.05, 0) is 72.9 Å². The number of carbonyl (C=O) groups excluding carboxylic acids is 1. The van der Waals surface area contributed by atoms with Gasteiger partial charge in [0.1, 0.15) is 5.52 Å². The minimum absolute atomic E-state index is 0.241. The fourth-order valence-electron chi connectivity index (χ4n) is 3.50. The summed E-state index contributed by atoms with van der Waals surface area (Å²) in [5, 5.41) is 3.84. The Morgan fingerprint density at radius 3 is 2.26 bits per heavy atom. The van der Waals surface area contributed by atoms with Crippen molar-refractivity contribution >= 4 is 57.5 Å². The molecule has 0 aliphatic rings. The first kappa shape index (κ1) is 24.4. The van der Waals surface area contributed by atoms with Crippen molar-refractivity contribution in [2.45, 2.75) is 33.6 Å². The molecule has 0 saturated heterocycles. The Morgan fingerprint density at radius 2 is 1.65 bits per heavy atom. The number of fused-ring (bicyclic) bond motifs is 1. The summed E-state index contributed by atoms with van der Waals surface area (Å²) in [6.45, 7) is 7.55. The van der Waals surface area contributed by atoms with Crippen molar-refractivity contribution in [3.05, 3.63) is 74.2 Å². The Balaban J connectivity index is 1.43. The fraction of sp³-hybridized carbons (Fsp3) is 0.231. The summed E-state index contributed by atoms with van der Waals surface area (Å²) >= 11 is 18.8. The number of nitrogens with one attached hydrogen (secondary N) is 1. The average molecular weight is 518 g/mol. The van der Waals surface area contributed by atoms with E-state index in [2.05, 4.69) is 30.2 Å². The second-order valence-corrected chi connectivity index (χ2v) is 9.47. The highest BCUT2D eigenvalue weighted by Crippen LogP contribution is 2.42. The van der Waals surface area contributed by atoms with Gasteiger partial charge in [-0.3, -0.25) is 4.79 Å². The van der Waals surface area contributed by atoms with Gasteiger partial charge in [0.05, 0.1) is 10.0 Å². The van der Waals surface area contributed by atoms with Gasteiger partial charge in [0.2, 0.25) is 5.89 Å². The van der Waals surface area contributed by atoms with Gasteiger partial charge in [-0.25, -0.2) is 4.98 Å². The Morgan fingerprint density at radius 1 is 1.00 bits per heavy atom. The second-order valence-electron chi connectivity index (χ2n) is 8.34.